The van der Waals surface area contributed by atoms with E-state index in [0.717, 1.165) is 19.3 Å². The lowest BCUT2D eigenvalue weighted by Crippen LogP contribution is -2.55. The molecule has 2 unspecified atom stereocenters. The van der Waals surface area contributed by atoms with Crippen LogP contribution in [0.5, 0.6) is 0 Å². The maximum absolute atomic E-state index is 12.0. The van der Waals surface area contributed by atoms with Crippen LogP contribution in [0.2, 0.25) is 0 Å². The van der Waals surface area contributed by atoms with Gasteiger partial charge in [0.25, 0.3) is 0 Å². The van der Waals surface area contributed by atoms with Crippen LogP contribution in [0.4, 0.5) is 0 Å². The standard InChI is InChI=1S/C15H20N2O/c16-15(7-4-8-15)10-17-14(18)13-9-12(13)11-5-2-1-3-6-11/h1-3,5-6,12-13H,4,7-10,16H2,(H,17,18). The fourth-order valence-corrected chi connectivity index (χ4v) is 2.76. The topological polar surface area (TPSA) is 55.1 Å². The molecule has 1 amide bonds. The summed E-state index contributed by atoms with van der Waals surface area (Å²) in [6.07, 6.45) is 4.26. The fraction of sp³-hybridized carbons (Fsp3) is 0.533. The number of rotatable bonds is 4. The first kappa shape index (κ1) is 11.7. The Kier molecular flexibility index (Phi) is 2.86. The van der Waals surface area contributed by atoms with E-state index in [1.54, 1.807) is 0 Å². The van der Waals surface area contributed by atoms with Crippen molar-refractivity contribution >= 4 is 5.91 Å². The smallest absolute Gasteiger partial charge is 0.223 e. The summed E-state index contributed by atoms with van der Waals surface area (Å²) in [5.41, 5.74) is 7.27. The average molecular weight is 244 g/mol. The van der Waals surface area contributed by atoms with Crippen molar-refractivity contribution in [1.29, 1.82) is 0 Å². The van der Waals surface area contributed by atoms with Crippen molar-refractivity contribution < 1.29 is 4.79 Å². The van der Waals surface area contributed by atoms with Gasteiger partial charge in [0.05, 0.1) is 0 Å². The van der Waals surface area contributed by atoms with E-state index in [9.17, 15) is 4.79 Å². The number of nitrogens with two attached hydrogens (primary N) is 1. The Hall–Kier alpha value is -1.35. The molecule has 0 bridgehead atoms. The monoisotopic (exact) mass is 244 g/mol. The maximum Gasteiger partial charge on any atom is 0.223 e. The van der Waals surface area contributed by atoms with Crippen LogP contribution < -0.4 is 11.1 Å². The predicted molar refractivity (Wildman–Crippen MR) is 71.1 cm³/mol. The van der Waals surface area contributed by atoms with Gasteiger partial charge in [-0.05, 0) is 37.2 Å². The van der Waals surface area contributed by atoms with Gasteiger partial charge in [0, 0.05) is 18.0 Å². The number of hydrogen-bond acceptors (Lipinski definition) is 2. The summed E-state index contributed by atoms with van der Waals surface area (Å²) in [6.45, 7) is 0.643. The molecule has 2 saturated carbocycles. The lowest BCUT2D eigenvalue weighted by Gasteiger charge is -2.38. The van der Waals surface area contributed by atoms with Crippen molar-refractivity contribution in [2.45, 2.75) is 37.1 Å². The van der Waals surface area contributed by atoms with Crippen molar-refractivity contribution in [3.05, 3.63) is 35.9 Å². The molecule has 0 saturated heterocycles. The average Bonchev–Trinajstić information content (AvgIpc) is 3.15. The molecule has 18 heavy (non-hydrogen) atoms. The molecule has 2 fully saturated rings. The van der Waals surface area contributed by atoms with Gasteiger partial charge in [0.15, 0.2) is 0 Å². The second kappa shape index (κ2) is 4.39. The molecular weight excluding hydrogens is 224 g/mol. The molecular formula is C15H20N2O. The molecule has 3 heteroatoms. The quantitative estimate of drug-likeness (QED) is 0.848. The van der Waals surface area contributed by atoms with Gasteiger partial charge in [-0.25, -0.2) is 0 Å². The van der Waals surface area contributed by atoms with Crippen LogP contribution in [0, 0.1) is 5.92 Å². The second-order valence-corrected chi connectivity index (χ2v) is 5.79. The minimum atomic E-state index is -0.118. The van der Waals surface area contributed by atoms with Crippen LogP contribution in [0.25, 0.3) is 0 Å². The van der Waals surface area contributed by atoms with Crippen molar-refractivity contribution in [2.75, 3.05) is 6.54 Å². The Labute approximate surface area is 108 Å². The largest absolute Gasteiger partial charge is 0.354 e. The van der Waals surface area contributed by atoms with E-state index in [2.05, 4.69) is 17.4 Å². The molecule has 0 aliphatic heterocycles. The van der Waals surface area contributed by atoms with Crippen LogP contribution in [-0.2, 0) is 4.79 Å². The van der Waals surface area contributed by atoms with E-state index in [1.165, 1.54) is 12.0 Å². The van der Waals surface area contributed by atoms with E-state index in [-0.39, 0.29) is 17.4 Å². The van der Waals surface area contributed by atoms with Crippen LogP contribution in [-0.4, -0.2) is 18.0 Å². The fourth-order valence-electron chi connectivity index (χ4n) is 2.76. The van der Waals surface area contributed by atoms with Gasteiger partial charge in [-0.2, -0.15) is 0 Å². The molecule has 0 radical (unpaired) electrons. The number of benzene rings is 1. The predicted octanol–water partition coefficient (Wildman–Crippen LogP) is 1.79. The zero-order chi connectivity index (χ0) is 12.6. The third-order valence-corrected chi connectivity index (χ3v) is 4.32. The van der Waals surface area contributed by atoms with Gasteiger partial charge in [-0.3, -0.25) is 4.79 Å². The van der Waals surface area contributed by atoms with Gasteiger partial charge in [-0.1, -0.05) is 30.3 Å². The van der Waals surface area contributed by atoms with E-state index in [4.69, 9.17) is 5.73 Å². The number of amides is 1. The Balaban J connectivity index is 1.50. The maximum atomic E-state index is 12.0. The SMILES string of the molecule is NC1(CNC(=O)C2CC2c2ccccc2)CCC1. The first-order chi connectivity index (χ1) is 8.68. The summed E-state index contributed by atoms with van der Waals surface area (Å²) >= 11 is 0. The molecule has 0 spiro atoms. The Morgan fingerprint density at radius 3 is 2.67 bits per heavy atom. The summed E-state index contributed by atoms with van der Waals surface area (Å²) in [7, 11) is 0. The van der Waals surface area contributed by atoms with Gasteiger partial charge in [-0.15, -0.1) is 0 Å². The molecule has 1 aromatic rings. The first-order valence-corrected chi connectivity index (χ1v) is 6.79. The van der Waals surface area contributed by atoms with Crippen LogP contribution in [0.3, 0.4) is 0 Å². The highest BCUT2D eigenvalue weighted by Crippen LogP contribution is 2.47. The molecule has 3 N–H and O–H groups in total. The zero-order valence-corrected chi connectivity index (χ0v) is 10.6. The minimum Gasteiger partial charge on any atom is -0.354 e. The van der Waals surface area contributed by atoms with E-state index >= 15 is 0 Å². The summed E-state index contributed by atoms with van der Waals surface area (Å²) in [5, 5.41) is 3.02. The van der Waals surface area contributed by atoms with Gasteiger partial charge in [0.2, 0.25) is 5.91 Å². The van der Waals surface area contributed by atoms with E-state index in [0.29, 0.717) is 12.5 Å². The molecule has 2 atom stereocenters. The van der Waals surface area contributed by atoms with Crippen molar-refractivity contribution in [3.63, 3.8) is 0 Å². The number of carbonyl (C=O) groups is 1. The molecule has 96 valence electrons. The lowest BCUT2D eigenvalue weighted by atomic mass is 9.78. The zero-order valence-electron chi connectivity index (χ0n) is 10.6. The Morgan fingerprint density at radius 2 is 2.06 bits per heavy atom. The minimum absolute atomic E-state index is 0.118. The van der Waals surface area contributed by atoms with Crippen molar-refractivity contribution in [1.82, 2.24) is 5.32 Å². The third kappa shape index (κ3) is 2.27. The molecule has 3 rings (SSSR count). The summed E-state index contributed by atoms with van der Waals surface area (Å²) in [6, 6.07) is 10.3. The second-order valence-electron chi connectivity index (χ2n) is 5.79. The van der Waals surface area contributed by atoms with Crippen LogP contribution in [0.1, 0.15) is 37.2 Å². The Bertz CT molecular complexity index is 439. The van der Waals surface area contributed by atoms with Gasteiger partial charge in [0.1, 0.15) is 0 Å². The van der Waals surface area contributed by atoms with Gasteiger partial charge >= 0.3 is 0 Å². The van der Waals surface area contributed by atoms with Crippen molar-refractivity contribution in [3.8, 4) is 0 Å². The highest BCUT2D eigenvalue weighted by Gasteiger charge is 2.44. The molecule has 1 aromatic carbocycles. The molecule has 0 heterocycles. The molecule has 3 nitrogen and oxygen atoms in total. The highest BCUT2D eigenvalue weighted by molar-refractivity contribution is 5.83. The van der Waals surface area contributed by atoms with E-state index in [1.807, 2.05) is 18.2 Å². The summed E-state index contributed by atoms with van der Waals surface area (Å²) in [4.78, 5) is 12.0. The van der Waals surface area contributed by atoms with Crippen molar-refractivity contribution in [2.24, 2.45) is 11.7 Å². The van der Waals surface area contributed by atoms with Crippen LogP contribution in [0.15, 0.2) is 30.3 Å². The number of carbonyl (C=O) groups excluding carboxylic acids is 1. The summed E-state index contributed by atoms with van der Waals surface area (Å²) < 4.78 is 0. The number of nitrogens with one attached hydrogen (secondary N) is 1. The Morgan fingerprint density at radius 1 is 1.33 bits per heavy atom. The van der Waals surface area contributed by atoms with E-state index < -0.39 is 0 Å². The first-order valence-electron chi connectivity index (χ1n) is 6.79. The van der Waals surface area contributed by atoms with Gasteiger partial charge < -0.3 is 11.1 Å². The summed E-state index contributed by atoms with van der Waals surface area (Å²) in [5.74, 6) is 0.762. The third-order valence-electron chi connectivity index (χ3n) is 4.32. The molecule has 2 aliphatic rings. The van der Waals surface area contributed by atoms with Crippen LogP contribution >= 0.6 is 0 Å². The molecule has 0 aromatic heterocycles. The highest BCUT2D eigenvalue weighted by atomic mass is 16.2. The number of hydrogen-bond donors (Lipinski definition) is 2. The lowest BCUT2D eigenvalue weighted by molar-refractivity contribution is -0.122. The molecule has 2 aliphatic carbocycles. The normalized spacial score (nSPS) is 28.3.